The molecule has 8 heteroatoms. The third-order valence-electron chi connectivity index (χ3n) is 1.39. The molecule has 0 rings (SSSR count). The number of aliphatic carboxylic acids is 2. The lowest BCUT2D eigenvalue weighted by atomic mass is 10.3. The molecule has 0 aromatic rings. The smallest absolute Gasteiger partial charge is 0.324 e. The Morgan fingerprint density at radius 2 is 1.79 bits per heavy atom. The third-order valence-corrected chi connectivity index (χ3v) is 1.39. The molecule has 0 heterocycles. The molecule has 0 fully saturated rings. The van der Waals surface area contributed by atoms with Crippen molar-refractivity contribution >= 4 is 11.9 Å². The summed E-state index contributed by atoms with van der Waals surface area (Å²) in [5.74, 6) is -2.33. The zero-order chi connectivity index (χ0) is 11.1. The van der Waals surface area contributed by atoms with Crippen LogP contribution in [0.25, 0.3) is 0 Å². The van der Waals surface area contributed by atoms with Crippen molar-refractivity contribution in [2.75, 3.05) is 6.61 Å². The Morgan fingerprint density at radius 1 is 1.21 bits per heavy atom. The van der Waals surface area contributed by atoms with Crippen LogP contribution in [-0.4, -0.2) is 45.9 Å². The minimum atomic E-state index is -1.25. The van der Waals surface area contributed by atoms with Crippen LogP contribution < -0.4 is 16.4 Å². The Balaban J connectivity index is 3.71. The summed E-state index contributed by atoms with van der Waals surface area (Å²) in [5, 5.41) is 25.4. The molecule has 8 nitrogen and oxygen atoms in total. The van der Waals surface area contributed by atoms with Crippen LogP contribution in [0.1, 0.15) is 6.92 Å². The third kappa shape index (κ3) is 4.72. The molecule has 0 aliphatic rings. The van der Waals surface area contributed by atoms with Crippen molar-refractivity contribution in [2.45, 2.75) is 19.0 Å². The monoisotopic (exact) mass is 207 g/mol. The number of hydrogen-bond donors (Lipinski definition) is 6. The van der Waals surface area contributed by atoms with E-state index in [9.17, 15) is 9.59 Å². The van der Waals surface area contributed by atoms with Gasteiger partial charge in [-0.25, -0.2) is 10.9 Å². The average molecular weight is 207 g/mol. The molecule has 2 atom stereocenters. The fraction of sp³-hybridized carbons (Fsp3) is 0.667. The van der Waals surface area contributed by atoms with Gasteiger partial charge < -0.3 is 15.3 Å². The number of aliphatic hydroxyl groups excluding tert-OH is 1. The molecule has 0 saturated carbocycles. The molecule has 0 aromatic carbocycles. The highest BCUT2D eigenvalue weighted by atomic mass is 16.4. The van der Waals surface area contributed by atoms with E-state index in [1.54, 1.807) is 0 Å². The van der Waals surface area contributed by atoms with E-state index in [1.165, 1.54) is 6.92 Å². The van der Waals surface area contributed by atoms with Crippen LogP contribution in [0.4, 0.5) is 0 Å². The predicted molar refractivity (Wildman–Crippen MR) is 45.0 cm³/mol. The van der Waals surface area contributed by atoms with E-state index in [-0.39, 0.29) is 0 Å². The van der Waals surface area contributed by atoms with Gasteiger partial charge in [0.1, 0.15) is 12.1 Å². The first-order valence-electron chi connectivity index (χ1n) is 3.81. The lowest BCUT2D eigenvalue weighted by molar-refractivity contribution is -0.141. The van der Waals surface area contributed by atoms with Crippen molar-refractivity contribution in [1.29, 1.82) is 0 Å². The Kier molecular flexibility index (Phi) is 5.72. The summed E-state index contributed by atoms with van der Waals surface area (Å²) in [7, 11) is 0. The van der Waals surface area contributed by atoms with Crippen LogP contribution in [0.2, 0.25) is 0 Å². The number of carbonyl (C=O) groups is 2. The van der Waals surface area contributed by atoms with Gasteiger partial charge in [0.25, 0.3) is 0 Å². The molecular formula is C6H13N3O5. The second kappa shape index (κ2) is 6.27. The number of carboxylic acid groups (broad SMARTS) is 2. The lowest BCUT2D eigenvalue weighted by Gasteiger charge is -2.15. The van der Waals surface area contributed by atoms with Crippen molar-refractivity contribution in [2.24, 2.45) is 0 Å². The van der Waals surface area contributed by atoms with E-state index in [0.717, 1.165) is 0 Å². The number of aliphatic hydroxyl groups is 1. The Hall–Kier alpha value is -1.22. The minimum absolute atomic E-state index is 0.606. The van der Waals surface area contributed by atoms with Gasteiger partial charge in [-0.05, 0) is 6.92 Å². The summed E-state index contributed by atoms with van der Waals surface area (Å²) >= 11 is 0. The molecule has 0 saturated heterocycles. The molecule has 0 bridgehead atoms. The van der Waals surface area contributed by atoms with Gasteiger partial charge in [0.05, 0.1) is 6.61 Å². The van der Waals surface area contributed by atoms with Gasteiger partial charge in [-0.2, -0.15) is 5.53 Å². The number of carboxylic acids is 2. The van der Waals surface area contributed by atoms with E-state index in [2.05, 4.69) is 16.4 Å². The molecule has 0 aromatic heterocycles. The molecule has 6 N–H and O–H groups in total. The standard InChI is InChI=1S/C6H13N3O5/c1-3(5(11)12)7-9-8-4(2-10)6(13)14/h3-4,7-10H,2H2,1H3,(H,11,12)(H,13,14)/t3-,4-/m0/s1. The average Bonchev–Trinajstić information content (AvgIpc) is 2.11. The zero-order valence-electron chi connectivity index (χ0n) is 7.52. The van der Waals surface area contributed by atoms with Crippen molar-refractivity contribution in [3.63, 3.8) is 0 Å². The number of hydrogen-bond acceptors (Lipinski definition) is 6. The normalized spacial score (nSPS) is 14.7. The highest BCUT2D eigenvalue weighted by Crippen LogP contribution is 1.79. The van der Waals surface area contributed by atoms with E-state index < -0.39 is 30.6 Å². The van der Waals surface area contributed by atoms with Gasteiger partial charge in [0.15, 0.2) is 0 Å². The van der Waals surface area contributed by atoms with Crippen LogP contribution in [0.5, 0.6) is 0 Å². The maximum absolute atomic E-state index is 10.3. The van der Waals surface area contributed by atoms with Gasteiger partial charge in [-0.15, -0.1) is 0 Å². The Morgan fingerprint density at radius 3 is 2.14 bits per heavy atom. The van der Waals surface area contributed by atoms with Crippen molar-refractivity contribution in [3.05, 3.63) is 0 Å². The Bertz CT molecular complexity index is 210. The van der Waals surface area contributed by atoms with Crippen LogP contribution >= 0.6 is 0 Å². The summed E-state index contributed by atoms with van der Waals surface area (Å²) in [6.45, 7) is 0.761. The number of hydrazine groups is 2. The largest absolute Gasteiger partial charge is 0.480 e. The van der Waals surface area contributed by atoms with E-state index in [1.807, 2.05) is 0 Å². The summed E-state index contributed by atoms with van der Waals surface area (Å²) < 4.78 is 0. The molecule has 14 heavy (non-hydrogen) atoms. The SMILES string of the molecule is C[C@H](NNN[C@@H](CO)C(=O)O)C(=O)O. The molecule has 0 radical (unpaired) electrons. The maximum Gasteiger partial charge on any atom is 0.324 e. The van der Waals surface area contributed by atoms with Gasteiger partial charge in [-0.3, -0.25) is 9.59 Å². The molecule has 0 unspecified atom stereocenters. The van der Waals surface area contributed by atoms with Crippen LogP contribution in [0.15, 0.2) is 0 Å². The first kappa shape index (κ1) is 12.8. The van der Waals surface area contributed by atoms with Crippen molar-refractivity contribution in [1.82, 2.24) is 16.4 Å². The topological polar surface area (TPSA) is 131 Å². The molecule has 0 spiro atoms. The molecule has 0 amide bonds. The highest BCUT2D eigenvalue weighted by Gasteiger charge is 2.16. The van der Waals surface area contributed by atoms with E-state index >= 15 is 0 Å². The summed E-state index contributed by atoms with van der Waals surface area (Å²) in [6.07, 6.45) is 0. The first-order chi connectivity index (χ1) is 6.49. The van der Waals surface area contributed by atoms with Crippen LogP contribution in [-0.2, 0) is 9.59 Å². The van der Waals surface area contributed by atoms with Gasteiger partial charge in [-0.1, -0.05) is 0 Å². The fourth-order valence-electron chi connectivity index (χ4n) is 0.484. The maximum atomic E-state index is 10.3. The quantitative estimate of drug-likeness (QED) is 0.253. The lowest BCUT2D eigenvalue weighted by Crippen LogP contribution is -2.56. The fourth-order valence-corrected chi connectivity index (χ4v) is 0.484. The van der Waals surface area contributed by atoms with Crippen molar-refractivity contribution in [3.8, 4) is 0 Å². The first-order valence-corrected chi connectivity index (χ1v) is 3.81. The molecule has 0 aliphatic heterocycles. The molecule has 0 aliphatic carbocycles. The summed E-state index contributed by atoms with van der Waals surface area (Å²) in [5.41, 5.74) is 6.62. The minimum Gasteiger partial charge on any atom is -0.480 e. The second-order valence-electron chi connectivity index (χ2n) is 2.55. The van der Waals surface area contributed by atoms with Gasteiger partial charge in [0.2, 0.25) is 0 Å². The summed E-state index contributed by atoms with van der Waals surface area (Å²) in [6, 6.07) is -2.07. The Labute approximate surface area is 79.9 Å². The number of rotatable bonds is 7. The van der Waals surface area contributed by atoms with Gasteiger partial charge >= 0.3 is 11.9 Å². The van der Waals surface area contributed by atoms with E-state index in [4.69, 9.17) is 15.3 Å². The van der Waals surface area contributed by atoms with E-state index in [0.29, 0.717) is 0 Å². The summed E-state index contributed by atoms with van der Waals surface area (Å²) in [4.78, 5) is 20.6. The number of nitrogens with one attached hydrogen (secondary N) is 3. The molecular weight excluding hydrogens is 194 g/mol. The zero-order valence-corrected chi connectivity index (χ0v) is 7.52. The van der Waals surface area contributed by atoms with Crippen molar-refractivity contribution < 1.29 is 24.9 Å². The molecule has 82 valence electrons. The second-order valence-corrected chi connectivity index (χ2v) is 2.55. The van der Waals surface area contributed by atoms with Crippen LogP contribution in [0, 0.1) is 0 Å². The highest BCUT2D eigenvalue weighted by molar-refractivity contribution is 5.73. The van der Waals surface area contributed by atoms with Gasteiger partial charge in [0, 0.05) is 0 Å². The predicted octanol–water partition coefficient (Wildman–Crippen LogP) is -2.50. The van der Waals surface area contributed by atoms with Crippen LogP contribution in [0.3, 0.4) is 0 Å².